The Kier molecular flexibility index (Phi) is 6.31. The largest absolute Gasteiger partial charge is 0.417 e. The molecule has 1 aromatic carbocycles. The Morgan fingerprint density at radius 1 is 1.03 bits per heavy atom. The van der Waals surface area contributed by atoms with Gasteiger partial charge in [0.2, 0.25) is 10.0 Å². The average molecular weight is 536 g/mol. The maximum atomic E-state index is 13.5. The molecule has 5 rings (SSSR count). The van der Waals surface area contributed by atoms with Gasteiger partial charge in [-0.3, -0.25) is 9.67 Å². The molecule has 37 heavy (non-hydrogen) atoms. The second-order valence-electron chi connectivity index (χ2n) is 8.62. The van der Waals surface area contributed by atoms with Gasteiger partial charge in [0.05, 0.1) is 16.2 Å². The van der Waals surface area contributed by atoms with Crippen LogP contribution in [0.4, 0.5) is 23.4 Å². The highest BCUT2D eigenvalue weighted by atomic mass is 32.2. The van der Waals surface area contributed by atoms with Crippen LogP contribution in [0, 0.1) is 5.82 Å². The number of benzene rings is 1. The Hall–Kier alpha value is -3.65. The monoisotopic (exact) mass is 535 g/mol. The van der Waals surface area contributed by atoms with Crippen LogP contribution in [0.3, 0.4) is 0 Å². The number of fused-ring (bicyclic) bond motifs is 1. The number of nitrogens with zero attached hydrogens (tertiary/aromatic N) is 6. The van der Waals surface area contributed by atoms with Crippen molar-refractivity contribution in [2.24, 2.45) is 7.05 Å². The molecule has 0 amide bonds. The fraction of sp³-hybridized carbons (Fsp3) is 0.304. The number of sulfonamides is 1. The molecular weight excluding hydrogens is 514 g/mol. The minimum absolute atomic E-state index is 0.0224. The number of hydrogen-bond donors (Lipinski definition) is 1. The highest BCUT2D eigenvalue weighted by Gasteiger charge is 2.40. The van der Waals surface area contributed by atoms with Gasteiger partial charge in [-0.2, -0.15) is 22.6 Å². The average Bonchev–Trinajstić information content (AvgIpc) is 3.29. The number of anilines is 1. The van der Waals surface area contributed by atoms with Gasteiger partial charge in [0.15, 0.2) is 5.82 Å². The molecule has 1 N–H and O–H groups in total. The van der Waals surface area contributed by atoms with Crippen LogP contribution >= 0.6 is 0 Å². The summed E-state index contributed by atoms with van der Waals surface area (Å²) in [5.41, 5.74) is -0.119. The van der Waals surface area contributed by atoms with Gasteiger partial charge in [0.25, 0.3) is 0 Å². The second kappa shape index (κ2) is 9.34. The zero-order valence-electron chi connectivity index (χ0n) is 19.4. The maximum absolute atomic E-state index is 13.5. The zero-order chi connectivity index (χ0) is 26.4. The summed E-state index contributed by atoms with van der Waals surface area (Å²) in [6.45, 7) is -0.0449. The van der Waals surface area contributed by atoms with E-state index >= 15 is 0 Å². The summed E-state index contributed by atoms with van der Waals surface area (Å²) < 4.78 is 82.4. The van der Waals surface area contributed by atoms with Crippen LogP contribution in [0.25, 0.3) is 22.2 Å². The molecule has 1 aliphatic rings. The lowest BCUT2D eigenvalue weighted by atomic mass is 10.1. The molecule has 9 nitrogen and oxygen atoms in total. The molecule has 0 aliphatic carbocycles. The van der Waals surface area contributed by atoms with E-state index in [1.54, 1.807) is 30.3 Å². The van der Waals surface area contributed by atoms with Crippen molar-refractivity contribution in [3.63, 3.8) is 0 Å². The van der Waals surface area contributed by atoms with Crippen LogP contribution < -0.4 is 5.32 Å². The van der Waals surface area contributed by atoms with Crippen LogP contribution in [0.5, 0.6) is 0 Å². The molecule has 0 bridgehead atoms. The van der Waals surface area contributed by atoms with Crippen molar-refractivity contribution in [1.82, 2.24) is 29.3 Å². The highest BCUT2D eigenvalue weighted by Crippen LogP contribution is 2.37. The fourth-order valence-corrected chi connectivity index (χ4v) is 6.08. The molecule has 0 unspecified atom stereocenters. The molecule has 0 radical (unpaired) electrons. The minimum Gasteiger partial charge on any atom is -0.365 e. The predicted molar refractivity (Wildman–Crippen MR) is 126 cm³/mol. The number of halogens is 4. The summed E-state index contributed by atoms with van der Waals surface area (Å²) in [5.74, 6) is -0.695. The summed E-state index contributed by atoms with van der Waals surface area (Å²) in [6, 6.07) is 5.00. The zero-order valence-corrected chi connectivity index (χ0v) is 20.3. The van der Waals surface area contributed by atoms with Crippen LogP contribution in [0.1, 0.15) is 18.4 Å². The van der Waals surface area contributed by atoms with E-state index in [4.69, 9.17) is 0 Å². The number of nitrogens with one attached hydrogen (secondary N) is 1. The third-order valence-corrected chi connectivity index (χ3v) is 8.26. The molecule has 1 fully saturated rings. The van der Waals surface area contributed by atoms with Crippen LogP contribution in [0.2, 0.25) is 0 Å². The van der Waals surface area contributed by atoms with E-state index in [0.29, 0.717) is 41.9 Å². The van der Waals surface area contributed by atoms with Crippen molar-refractivity contribution in [1.29, 1.82) is 0 Å². The first-order valence-electron chi connectivity index (χ1n) is 11.3. The molecule has 0 atom stereocenters. The minimum atomic E-state index is -5.01. The van der Waals surface area contributed by atoms with Gasteiger partial charge in [0, 0.05) is 55.5 Å². The lowest BCUT2D eigenvalue weighted by Gasteiger charge is -2.32. The quantitative estimate of drug-likeness (QED) is 0.387. The summed E-state index contributed by atoms with van der Waals surface area (Å²) in [6.07, 6.45) is 0.561. The van der Waals surface area contributed by atoms with Gasteiger partial charge in [-0.25, -0.2) is 12.8 Å². The van der Waals surface area contributed by atoms with Gasteiger partial charge in [-0.1, -0.05) is 0 Å². The van der Waals surface area contributed by atoms with E-state index in [1.165, 1.54) is 0 Å². The summed E-state index contributed by atoms with van der Waals surface area (Å²) in [4.78, 5) is 3.23. The highest BCUT2D eigenvalue weighted by molar-refractivity contribution is 7.89. The van der Waals surface area contributed by atoms with Crippen molar-refractivity contribution in [2.45, 2.75) is 30.0 Å². The maximum Gasteiger partial charge on any atom is 0.417 e. The predicted octanol–water partition coefficient (Wildman–Crippen LogP) is 3.85. The number of hydrogen-bond acceptors (Lipinski definition) is 7. The van der Waals surface area contributed by atoms with Crippen LogP contribution in [0.15, 0.2) is 53.8 Å². The van der Waals surface area contributed by atoms with Crippen LogP contribution in [-0.2, 0) is 23.2 Å². The number of aryl methyl sites for hydroxylation is 1. The number of alkyl halides is 3. The van der Waals surface area contributed by atoms with Gasteiger partial charge in [0.1, 0.15) is 11.5 Å². The lowest BCUT2D eigenvalue weighted by Crippen LogP contribution is -2.43. The SMILES string of the molecule is Cn1nccc1-c1nnc(NC2CCN(S(=O)(=O)c3ccc(F)cc3C(F)(F)F)CC2)c2cnccc12. The summed E-state index contributed by atoms with van der Waals surface area (Å²) >= 11 is 0. The first kappa shape index (κ1) is 25.0. The molecular formula is C23H21F4N7O2S. The normalized spacial score (nSPS) is 15.8. The fourth-order valence-electron chi connectivity index (χ4n) is 4.42. The third-order valence-electron chi connectivity index (χ3n) is 6.30. The van der Waals surface area contributed by atoms with E-state index in [0.717, 1.165) is 15.4 Å². The van der Waals surface area contributed by atoms with Gasteiger partial charge >= 0.3 is 6.18 Å². The molecule has 194 valence electrons. The van der Waals surface area contributed by atoms with E-state index < -0.39 is 32.5 Å². The third kappa shape index (κ3) is 4.73. The molecule has 4 heterocycles. The number of pyridine rings is 1. The van der Waals surface area contributed by atoms with E-state index in [2.05, 4.69) is 25.6 Å². The van der Waals surface area contributed by atoms with E-state index in [1.807, 2.05) is 12.1 Å². The molecule has 14 heteroatoms. The van der Waals surface area contributed by atoms with Gasteiger partial charge in [-0.15, -0.1) is 10.2 Å². The van der Waals surface area contributed by atoms with Crippen molar-refractivity contribution in [3.05, 3.63) is 60.3 Å². The number of rotatable bonds is 5. The Balaban J connectivity index is 1.35. The molecule has 0 spiro atoms. The standard InChI is InChI=1S/C23H21F4N7O2S/c1-33-19(5-9-29-33)21-16-4-8-28-13-17(16)22(32-31-21)30-15-6-10-34(11-7-15)37(35,36)20-3-2-14(24)12-18(20)23(25,26)27/h2-5,8-9,12-13,15H,6-7,10-11H2,1H3,(H,30,32). The van der Waals surface area contributed by atoms with Crippen molar-refractivity contribution in [3.8, 4) is 11.4 Å². The Labute approximate surface area is 209 Å². The lowest BCUT2D eigenvalue weighted by molar-refractivity contribution is -0.140. The Morgan fingerprint density at radius 2 is 1.78 bits per heavy atom. The molecule has 1 saturated heterocycles. The Bertz CT molecular complexity index is 1570. The van der Waals surface area contributed by atoms with Gasteiger partial charge < -0.3 is 5.32 Å². The molecule has 4 aromatic rings. The first-order chi connectivity index (χ1) is 17.6. The van der Waals surface area contributed by atoms with Crippen LogP contribution in [-0.4, -0.2) is 56.8 Å². The first-order valence-corrected chi connectivity index (χ1v) is 12.7. The topological polar surface area (TPSA) is 106 Å². The Morgan fingerprint density at radius 3 is 2.46 bits per heavy atom. The summed E-state index contributed by atoms with van der Waals surface area (Å²) in [7, 11) is -2.69. The van der Waals surface area contributed by atoms with Crippen molar-refractivity contribution >= 4 is 26.6 Å². The van der Waals surface area contributed by atoms with Crippen molar-refractivity contribution in [2.75, 3.05) is 18.4 Å². The second-order valence-corrected chi connectivity index (χ2v) is 10.5. The van der Waals surface area contributed by atoms with E-state index in [-0.39, 0.29) is 25.2 Å². The number of aromatic nitrogens is 5. The van der Waals surface area contributed by atoms with Gasteiger partial charge in [-0.05, 0) is 43.2 Å². The molecule has 0 saturated carbocycles. The molecule has 3 aromatic heterocycles. The summed E-state index contributed by atoms with van der Waals surface area (Å²) in [5, 5.41) is 17.7. The van der Waals surface area contributed by atoms with Crippen molar-refractivity contribution < 1.29 is 26.0 Å². The van der Waals surface area contributed by atoms with E-state index in [9.17, 15) is 26.0 Å². The smallest absolute Gasteiger partial charge is 0.365 e. The molecule has 1 aliphatic heterocycles. The number of piperidine rings is 1.